The van der Waals surface area contributed by atoms with Gasteiger partial charge >= 0.3 is 0 Å². The quantitative estimate of drug-likeness (QED) is 0.933. The lowest BCUT2D eigenvalue weighted by Crippen LogP contribution is -2.22. The Morgan fingerprint density at radius 1 is 1.52 bits per heavy atom. The zero-order valence-corrected chi connectivity index (χ0v) is 12.3. The molecule has 3 rings (SSSR count). The Bertz CT molecular complexity index is 713. The predicted molar refractivity (Wildman–Crippen MR) is 78.0 cm³/mol. The maximum atomic E-state index is 11.8. The van der Waals surface area contributed by atoms with Gasteiger partial charge in [-0.1, -0.05) is 0 Å². The van der Waals surface area contributed by atoms with Crippen LogP contribution in [0.25, 0.3) is 0 Å². The number of aromatic nitrogens is 1. The van der Waals surface area contributed by atoms with Crippen LogP contribution in [-0.4, -0.2) is 17.5 Å². The number of hydrogen-bond donors (Lipinski definition) is 1. The van der Waals surface area contributed by atoms with E-state index in [0.717, 1.165) is 25.0 Å². The Balaban J connectivity index is 1.57. The molecule has 1 N–H and O–H groups in total. The molecule has 21 heavy (non-hydrogen) atoms. The molecule has 1 aliphatic carbocycles. The molecule has 2 heterocycles. The number of fused-ring (bicyclic) bond motifs is 1. The van der Waals surface area contributed by atoms with Crippen LogP contribution in [0.2, 0.25) is 0 Å². The lowest BCUT2D eigenvalue weighted by Gasteiger charge is -2.04. The van der Waals surface area contributed by atoms with Gasteiger partial charge in [-0.05, 0) is 26.2 Å². The van der Waals surface area contributed by atoms with Gasteiger partial charge < -0.3 is 9.15 Å². The lowest BCUT2D eigenvalue weighted by atomic mass is 10.4. The average molecular weight is 306 g/mol. The summed E-state index contributed by atoms with van der Waals surface area (Å²) < 4.78 is 10.2. The minimum atomic E-state index is -0.345. The van der Waals surface area contributed by atoms with E-state index in [9.17, 15) is 9.59 Å². The van der Waals surface area contributed by atoms with E-state index in [0.29, 0.717) is 10.9 Å². The minimum Gasteiger partial charge on any atom is -0.477 e. The highest BCUT2D eigenvalue weighted by molar-refractivity contribution is 7.15. The number of anilines is 1. The monoisotopic (exact) mass is 306 g/mol. The van der Waals surface area contributed by atoms with E-state index >= 15 is 0 Å². The fourth-order valence-electron chi connectivity index (χ4n) is 2.14. The fraction of sp³-hybridized carbons (Fsp3) is 0.357. The van der Waals surface area contributed by atoms with Crippen LogP contribution in [0.5, 0.6) is 5.75 Å². The number of thiazole rings is 1. The molecule has 0 bridgehead atoms. The second kappa shape index (κ2) is 5.69. The highest BCUT2D eigenvalue weighted by atomic mass is 32.1. The number of nitrogens with zero attached hydrogens (tertiary/aromatic N) is 1. The van der Waals surface area contributed by atoms with Crippen molar-refractivity contribution in [3.63, 3.8) is 0 Å². The first-order valence-electron chi connectivity index (χ1n) is 6.62. The molecule has 2 aromatic heterocycles. The Kier molecular flexibility index (Phi) is 3.74. The van der Waals surface area contributed by atoms with E-state index in [1.54, 1.807) is 6.92 Å². The molecule has 0 unspecified atom stereocenters. The van der Waals surface area contributed by atoms with Crippen molar-refractivity contribution >= 4 is 22.4 Å². The van der Waals surface area contributed by atoms with Gasteiger partial charge in [0, 0.05) is 10.9 Å². The summed E-state index contributed by atoms with van der Waals surface area (Å²) in [5.41, 5.74) is 0.773. The Morgan fingerprint density at radius 2 is 2.38 bits per heavy atom. The van der Waals surface area contributed by atoms with E-state index in [2.05, 4.69) is 10.3 Å². The number of carbonyl (C=O) groups is 1. The molecule has 0 saturated heterocycles. The summed E-state index contributed by atoms with van der Waals surface area (Å²) in [5.74, 6) is 0.175. The van der Waals surface area contributed by atoms with Crippen LogP contribution in [0.1, 0.15) is 22.8 Å². The number of amides is 1. The van der Waals surface area contributed by atoms with E-state index in [-0.39, 0.29) is 23.7 Å². The molecule has 0 atom stereocenters. The van der Waals surface area contributed by atoms with Crippen LogP contribution < -0.4 is 15.5 Å². The second-order valence-electron chi connectivity index (χ2n) is 4.80. The molecular weight excluding hydrogens is 292 g/mol. The number of nitrogens with one attached hydrogen (secondary N) is 1. The Hall–Kier alpha value is -2.15. The van der Waals surface area contributed by atoms with Crippen molar-refractivity contribution in [2.45, 2.75) is 26.2 Å². The largest absolute Gasteiger partial charge is 0.477 e. The van der Waals surface area contributed by atoms with Gasteiger partial charge in [0.25, 0.3) is 5.91 Å². The SMILES string of the molecule is Cc1cc(=O)c(OCC(=O)Nc2nc3c(s2)CCC3)co1. The fourth-order valence-corrected chi connectivity index (χ4v) is 3.21. The summed E-state index contributed by atoms with van der Waals surface area (Å²) >= 11 is 1.50. The highest BCUT2D eigenvalue weighted by Crippen LogP contribution is 2.30. The molecule has 0 aromatic carbocycles. The van der Waals surface area contributed by atoms with Crippen molar-refractivity contribution in [2.24, 2.45) is 0 Å². The van der Waals surface area contributed by atoms with Gasteiger partial charge in [-0.2, -0.15) is 0 Å². The third-order valence-corrected chi connectivity index (χ3v) is 4.20. The smallest absolute Gasteiger partial charge is 0.264 e. The topological polar surface area (TPSA) is 81.4 Å². The van der Waals surface area contributed by atoms with E-state index in [1.165, 1.54) is 28.5 Å². The molecule has 1 aliphatic rings. The predicted octanol–water partition coefficient (Wildman–Crippen LogP) is 1.91. The summed E-state index contributed by atoms with van der Waals surface area (Å²) in [7, 11) is 0. The molecule has 110 valence electrons. The zero-order chi connectivity index (χ0) is 14.8. The molecule has 7 heteroatoms. The van der Waals surface area contributed by atoms with Gasteiger partial charge in [-0.15, -0.1) is 11.3 Å². The van der Waals surface area contributed by atoms with E-state index in [4.69, 9.17) is 9.15 Å². The minimum absolute atomic E-state index is 0.0254. The lowest BCUT2D eigenvalue weighted by molar-refractivity contribution is -0.118. The molecule has 6 nitrogen and oxygen atoms in total. The number of carbonyl (C=O) groups excluding carboxylic acids is 1. The first-order chi connectivity index (χ1) is 10.1. The van der Waals surface area contributed by atoms with Crippen LogP contribution in [0.3, 0.4) is 0 Å². The van der Waals surface area contributed by atoms with Crippen LogP contribution >= 0.6 is 11.3 Å². The molecule has 0 saturated carbocycles. The van der Waals surface area contributed by atoms with Gasteiger partial charge in [-0.3, -0.25) is 14.9 Å². The van der Waals surface area contributed by atoms with Crippen LogP contribution in [0.4, 0.5) is 5.13 Å². The number of rotatable bonds is 4. The second-order valence-corrected chi connectivity index (χ2v) is 5.88. The Morgan fingerprint density at radius 3 is 3.14 bits per heavy atom. The first-order valence-corrected chi connectivity index (χ1v) is 7.44. The first kappa shape index (κ1) is 13.8. The van der Waals surface area contributed by atoms with E-state index < -0.39 is 0 Å². The van der Waals surface area contributed by atoms with E-state index in [1.807, 2.05) is 0 Å². The van der Waals surface area contributed by atoms with Gasteiger partial charge in [0.05, 0.1) is 5.69 Å². The van der Waals surface area contributed by atoms with Gasteiger partial charge in [-0.25, -0.2) is 4.98 Å². The van der Waals surface area contributed by atoms with Gasteiger partial charge in [0.2, 0.25) is 11.2 Å². The summed E-state index contributed by atoms with van der Waals surface area (Å²) in [6, 6.07) is 1.32. The third kappa shape index (κ3) is 3.13. The molecule has 1 amide bonds. The summed E-state index contributed by atoms with van der Waals surface area (Å²) in [6.07, 6.45) is 4.35. The van der Waals surface area contributed by atoms with Crippen molar-refractivity contribution in [1.29, 1.82) is 0 Å². The molecule has 0 fully saturated rings. The average Bonchev–Trinajstić information content (AvgIpc) is 2.98. The van der Waals surface area contributed by atoms with Crippen LogP contribution in [0.15, 0.2) is 21.5 Å². The van der Waals surface area contributed by atoms with Crippen LogP contribution in [-0.2, 0) is 17.6 Å². The highest BCUT2D eigenvalue weighted by Gasteiger charge is 2.18. The normalized spacial score (nSPS) is 13.0. The maximum absolute atomic E-state index is 11.8. The number of aryl methyl sites for hydroxylation is 3. The maximum Gasteiger partial charge on any atom is 0.264 e. The zero-order valence-electron chi connectivity index (χ0n) is 11.5. The van der Waals surface area contributed by atoms with Gasteiger partial charge in [0.15, 0.2) is 11.7 Å². The summed E-state index contributed by atoms with van der Waals surface area (Å²) in [5, 5.41) is 3.27. The van der Waals surface area contributed by atoms with Crippen molar-refractivity contribution in [1.82, 2.24) is 4.98 Å². The van der Waals surface area contributed by atoms with Gasteiger partial charge in [0.1, 0.15) is 12.0 Å². The Labute approximate surface area is 124 Å². The number of hydrogen-bond acceptors (Lipinski definition) is 6. The molecular formula is C14H14N2O4S. The molecule has 0 aliphatic heterocycles. The summed E-state index contributed by atoms with van der Waals surface area (Å²) in [6.45, 7) is 1.41. The van der Waals surface area contributed by atoms with Crippen molar-refractivity contribution in [2.75, 3.05) is 11.9 Å². The molecule has 0 spiro atoms. The number of ether oxygens (including phenoxy) is 1. The third-order valence-electron chi connectivity index (χ3n) is 3.13. The molecule has 2 aromatic rings. The summed E-state index contributed by atoms with van der Waals surface area (Å²) in [4.78, 5) is 29.0. The standard InChI is InChI=1S/C14H14N2O4S/c1-8-5-10(17)11(6-19-8)20-7-13(18)16-14-15-9-3-2-4-12(9)21-14/h5-6H,2-4,7H2,1H3,(H,15,16,18). The van der Waals surface area contributed by atoms with Crippen molar-refractivity contribution in [3.05, 3.63) is 38.9 Å². The molecule has 0 radical (unpaired) electrons. The van der Waals surface area contributed by atoms with Crippen molar-refractivity contribution < 1.29 is 13.9 Å². The van der Waals surface area contributed by atoms with Crippen molar-refractivity contribution in [3.8, 4) is 5.75 Å². The van der Waals surface area contributed by atoms with Crippen LogP contribution in [0, 0.1) is 6.92 Å².